The van der Waals surface area contributed by atoms with Crippen LogP contribution in [0.2, 0.25) is 0 Å². The maximum Gasteiger partial charge on any atom is 0.260 e. The van der Waals surface area contributed by atoms with E-state index < -0.39 is 0 Å². The number of halogens is 1. The number of nitrogens with one attached hydrogen (secondary N) is 1. The van der Waals surface area contributed by atoms with Crippen LogP contribution in [0.25, 0.3) is 11.3 Å². The van der Waals surface area contributed by atoms with Gasteiger partial charge in [-0.2, -0.15) is 0 Å². The van der Waals surface area contributed by atoms with Crippen molar-refractivity contribution in [3.8, 4) is 0 Å². The molecule has 5 rings (SSSR count). The van der Waals surface area contributed by atoms with Gasteiger partial charge in [0, 0.05) is 48.6 Å². The molecule has 0 saturated carbocycles. The molecular formula is C29H36FN3O3. The lowest BCUT2D eigenvalue weighted by molar-refractivity contribution is -0.110. The van der Waals surface area contributed by atoms with Gasteiger partial charge in [-0.3, -0.25) is 9.69 Å². The Labute approximate surface area is 213 Å². The van der Waals surface area contributed by atoms with E-state index >= 15 is 0 Å². The minimum atomic E-state index is -0.368. The van der Waals surface area contributed by atoms with E-state index in [0.717, 1.165) is 70.0 Å². The Morgan fingerprint density at radius 3 is 2.72 bits per heavy atom. The zero-order valence-electron chi connectivity index (χ0n) is 21.3. The molecule has 7 heteroatoms. The van der Waals surface area contributed by atoms with Crippen LogP contribution in [0.5, 0.6) is 0 Å². The second-order valence-electron chi connectivity index (χ2n) is 10.4. The highest BCUT2D eigenvalue weighted by Gasteiger charge is 2.32. The molecule has 0 spiro atoms. The summed E-state index contributed by atoms with van der Waals surface area (Å²) in [6, 6.07) is 10.7. The molecule has 6 nitrogen and oxygen atoms in total. The molecule has 0 unspecified atom stereocenters. The number of rotatable bonds is 9. The van der Waals surface area contributed by atoms with Gasteiger partial charge in [0.05, 0.1) is 18.8 Å². The lowest BCUT2D eigenvalue weighted by Crippen LogP contribution is -2.38. The summed E-state index contributed by atoms with van der Waals surface area (Å²) in [5, 5.41) is 2.82. The van der Waals surface area contributed by atoms with Crippen molar-refractivity contribution in [3.63, 3.8) is 0 Å². The van der Waals surface area contributed by atoms with Crippen LogP contribution in [-0.2, 0) is 27.3 Å². The van der Waals surface area contributed by atoms with Crippen molar-refractivity contribution in [3.05, 3.63) is 64.5 Å². The van der Waals surface area contributed by atoms with E-state index in [1.54, 1.807) is 6.07 Å². The molecule has 0 radical (unpaired) electrons. The number of hydrogen-bond donors (Lipinski definition) is 1. The molecule has 3 aliphatic rings. The SMILES string of the molecule is CC(C)CN(CCCN1CCOCC1)CCc1ccc2c(c1)COC2=C1C(=O)Nc2ccc(F)cc21. The smallest absolute Gasteiger partial charge is 0.260 e. The van der Waals surface area contributed by atoms with Gasteiger partial charge >= 0.3 is 0 Å². The molecule has 0 atom stereocenters. The number of amides is 1. The van der Waals surface area contributed by atoms with Crippen LogP contribution in [0.3, 0.4) is 0 Å². The second-order valence-corrected chi connectivity index (χ2v) is 10.4. The van der Waals surface area contributed by atoms with E-state index in [2.05, 4.69) is 47.2 Å². The molecule has 1 N–H and O–H groups in total. The highest BCUT2D eigenvalue weighted by Crippen LogP contribution is 2.42. The first-order valence-corrected chi connectivity index (χ1v) is 13.1. The summed E-state index contributed by atoms with van der Waals surface area (Å²) in [6.07, 6.45) is 2.14. The van der Waals surface area contributed by atoms with Crippen molar-refractivity contribution >= 4 is 22.9 Å². The molecule has 3 aliphatic heterocycles. The van der Waals surface area contributed by atoms with Crippen molar-refractivity contribution < 1.29 is 18.7 Å². The highest BCUT2D eigenvalue weighted by molar-refractivity contribution is 6.36. The van der Waals surface area contributed by atoms with Crippen LogP contribution < -0.4 is 5.32 Å². The third-order valence-corrected chi connectivity index (χ3v) is 7.13. The zero-order chi connectivity index (χ0) is 25.1. The normalized spacial score (nSPS) is 19.5. The van der Waals surface area contributed by atoms with Gasteiger partial charge in [-0.15, -0.1) is 0 Å². The minimum absolute atomic E-state index is 0.246. The summed E-state index contributed by atoms with van der Waals surface area (Å²) in [5.41, 5.74) is 4.87. The number of benzene rings is 2. The van der Waals surface area contributed by atoms with E-state index in [1.807, 2.05) is 0 Å². The van der Waals surface area contributed by atoms with E-state index in [9.17, 15) is 9.18 Å². The Balaban J connectivity index is 1.25. The lowest BCUT2D eigenvalue weighted by Gasteiger charge is -2.29. The van der Waals surface area contributed by atoms with E-state index in [1.165, 1.54) is 24.1 Å². The van der Waals surface area contributed by atoms with E-state index in [0.29, 0.717) is 35.1 Å². The molecule has 1 fully saturated rings. The number of morpholine rings is 1. The fourth-order valence-electron chi connectivity index (χ4n) is 5.38. The third kappa shape index (κ3) is 5.64. The second kappa shape index (κ2) is 11.1. The fourth-order valence-corrected chi connectivity index (χ4v) is 5.38. The molecule has 36 heavy (non-hydrogen) atoms. The van der Waals surface area contributed by atoms with Gasteiger partial charge in [-0.25, -0.2) is 4.39 Å². The molecule has 0 aromatic heterocycles. The maximum atomic E-state index is 13.9. The first-order valence-electron chi connectivity index (χ1n) is 13.1. The summed E-state index contributed by atoms with van der Waals surface area (Å²) in [4.78, 5) is 17.8. The lowest BCUT2D eigenvalue weighted by atomic mass is 9.98. The summed E-state index contributed by atoms with van der Waals surface area (Å²) >= 11 is 0. The maximum absolute atomic E-state index is 13.9. The Morgan fingerprint density at radius 2 is 1.92 bits per heavy atom. The summed E-state index contributed by atoms with van der Waals surface area (Å²) < 4.78 is 25.3. The molecule has 0 bridgehead atoms. The average molecular weight is 494 g/mol. The molecule has 0 aliphatic carbocycles. The Bertz CT molecular complexity index is 1140. The van der Waals surface area contributed by atoms with Crippen molar-refractivity contribution in [2.24, 2.45) is 5.92 Å². The summed E-state index contributed by atoms with van der Waals surface area (Å²) in [6.45, 7) is 13.1. The van der Waals surface area contributed by atoms with Gasteiger partial charge in [0.25, 0.3) is 5.91 Å². The predicted octanol–water partition coefficient (Wildman–Crippen LogP) is 4.40. The van der Waals surface area contributed by atoms with E-state index in [4.69, 9.17) is 9.47 Å². The molecule has 3 heterocycles. The zero-order valence-corrected chi connectivity index (χ0v) is 21.3. The largest absolute Gasteiger partial charge is 0.487 e. The van der Waals surface area contributed by atoms with Crippen LogP contribution in [0.4, 0.5) is 10.1 Å². The molecule has 192 valence electrons. The third-order valence-electron chi connectivity index (χ3n) is 7.13. The number of anilines is 1. The number of hydrogen-bond acceptors (Lipinski definition) is 5. The number of nitrogens with zero attached hydrogens (tertiary/aromatic N) is 2. The van der Waals surface area contributed by atoms with Gasteiger partial charge in [0.1, 0.15) is 18.2 Å². The number of carbonyl (C=O) groups excluding carboxylic acids is 1. The fraction of sp³-hybridized carbons (Fsp3) is 0.483. The first-order chi connectivity index (χ1) is 17.5. The molecule has 1 amide bonds. The van der Waals surface area contributed by atoms with Crippen molar-refractivity contribution in [1.29, 1.82) is 0 Å². The van der Waals surface area contributed by atoms with Gasteiger partial charge in [-0.05, 0) is 55.6 Å². The molecule has 2 aromatic carbocycles. The van der Waals surface area contributed by atoms with Crippen molar-refractivity contribution in [2.45, 2.75) is 33.3 Å². The molecule has 1 saturated heterocycles. The van der Waals surface area contributed by atoms with Crippen LogP contribution in [0.15, 0.2) is 36.4 Å². The first kappa shape index (κ1) is 24.9. The summed E-state index contributed by atoms with van der Waals surface area (Å²) in [7, 11) is 0. The minimum Gasteiger partial charge on any atom is -0.487 e. The van der Waals surface area contributed by atoms with Crippen LogP contribution >= 0.6 is 0 Å². The van der Waals surface area contributed by atoms with Gasteiger partial charge in [0.15, 0.2) is 0 Å². The monoisotopic (exact) mass is 493 g/mol. The van der Waals surface area contributed by atoms with Crippen LogP contribution in [-0.4, -0.2) is 68.2 Å². The molecular weight excluding hydrogens is 457 g/mol. The Hall–Kier alpha value is -2.74. The van der Waals surface area contributed by atoms with Crippen LogP contribution in [0.1, 0.15) is 42.5 Å². The standard InChI is InChI=1S/C29H36FN3O3/c1-20(2)18-33(10-3-9-32-12-14-35-15-13-32)11-8-21-4-6-24-22(16-21)19-36-28(24)27-25-17-23(30)5-7-26(25)31-29(27)34/h4-7,16-17,20H,3,8-15,18-19H2,1-2H3,(H,31,34). The quantitative estimate of drug-likeness (QED) is 0.525. The van der Waals surface area contributed by atoms with Gasteiger partial charge in [-0.1, -0.05) is 32.0 Å². The van der Waals surface area contributed by atoms with Crippen LogP contribution in [0, 0.1) is 11.7 Å². The predicted molar refractivity (Wildman–Crippen MR) is 140 cm³/mol. The number of carbonyl (C=O) groups is 1. The topological polar surface area (TPSA) is 54.0 Å². The number of ether oxygens (including phenoxy) is 2. The van der Waals surface area contributed by atoms with Crippen molar-refractivity contribution in [1.82, 2.24) is 9.80 Å². The Kier molecular flexibility index (Phi) is 7.70. The molecule has 2 aromatic rings. The average Bonchev–Trinajstić information content (AvgIpc) is 3.41. The van der Waals surface area contributed by atoms with Gasteiger partial charge < -0.3 is 19.7 Å². The van der Waals surface area contributed by atoms with Crippen molar-refractivity contribution in [2.75, 3.05) is 57.8 Å². The van der Waals surface area contributed by atoms with Gasteiger partial charge in [0.2, 0.25) is 0 Å². The summed E-state index contributed by atoms with van der Waals surface area (Å²) in [5.74, 6) is 0.556. The Morgan fingerprint density at radius 1 is 1.08 bits per heavy atom. The van der Waals surface area contributed by atoms with E-state index in [-0.39, 0.29) is 11.7 Å². The highest BCUT2D eigenvalue weighted by atomic mass is 19.1. The number of fused-ring (bicyclic) bond motifs is 2.